The topological polar surface area (TPSA) is 201 Å². The lowest BCUT2D eigenvalue weighted by Gasteiger charge is -2.31. The third kappa shape index (κ3) is 8.91. The van der Waals surface area contributed by atoms with Crippen LogP contribution in [-0.4, -0.2) is 133 Å². The fourth-order valence-corrected chi connectivity index (χ4v) is 8.06. The van der Waals surface area contributed by atoms with E-state index in [0.717, 1.165) is 15.9 Å². The standard InChI is InChI=1S/C35H47FN6O10S/c1-7-21-15-35(21,31(46)39-53(49,50)23-12-13-23)38-29(44)27-14-22(51-33(48)41-16-20-10-9-11-25(36)24(20)18-41)17-42(27)30(45)26(19-40(6)28(43)8-2)37-32(47)52-34(3,4)5/h7-10,21-23,25-27H,1-2,11-19H2,3-6H3,(H,37,47)(H,38,44)(H,39,46). The number of likely N-dealkylation sites (N-methyl/N-ethyl adjacent to an activating group) is 1. The van der Waals surface area contributed by atoms with Crippen LogP contribution >= 0.6 is 0 Å². The minimum atomic E-state index is -3.97. The number of carbonyl (C=O) groups excluding carboxylic acids is 6. The Bertz CT molecular complexity index is 1750. The monoisotopic (exact) mass is 762 g/mol. The number of alkyl halides is 1. The highest BCUT2D eigenvalue weighted by Gasteiger charge is 2.62. The molecule has 6 amide bonds. The van der Waals surface area contributed by atoms with Crippen molar-refractivity contribution in [1.82, 2.24) is 30.1 Å². The molecule has 2 heterocycles. The normalized spacial score (nSPS) is 26.9. The van der Waals surface area contributed by atoms with E-state index in [1.54, 1.807) is 32.9 Å². The molecule has 0 spiro atoms. The van der Waals surface area contributed by atoms with Gasteiger partial charge in [0.2, 0.25) is 27.7 Å². The van der Waals surface area contributed by atoms with Crippen molar-refractivity contribution in [2.45, 2.75) is 93.6 Å². The van der Waals surface area contributed by atoms with Gasteiger partial charge in [-0.05, 0) is 57.3 Å². The molecular formula is C35H47FN6O10S. The third-order valence-corrected chi connectivity index (χ3v) is 11.6. The van der Waals surface area contributed by atoms with E-state index in [-0.39, 0.29) is 45.4 Å². The molecule has 3 aliphatic carbocycles. The Labute approximate surface area is 307 Å². The van der Waals surface area contributed by atoms with Gasteiger partial charge in [0.05, 0.1) is 18.3 Å². The molecule has 0 aromatic rings. The zero-order chi connectivity index (χ0) is 39.0. The van der Waals surface area contributed by atoms with Crippen LogP contribution in [0.25, 0.3) is 0 Å². The molecule has 16 nitrogen and oxygen atoms in total. The number of likely N-dealkylation sites (tertiary alicyclic amines) is 1. The van der Waals surface area contributed by atoms with Crippen molar-refractivity contribution in [2.24, 2.45) is 5.92 Å². The van der Waals surface area contributed by atoms with Gasteiger partial charge < -0.3 is 29.9 Å². The van der Waals surface area contributed by atoms with Gasteiger partial charge in [-0.15, -0.1) is 6.58 Å². The highest BCUT2D eigenvalue weighted by Crippen LogP contribution is 2.45. The molecule has 2 saturated carbocycles. The molecule has 290 valence electrons. The van der Waals surface area contributed by atoms with E-state index in [1.807, 2.05) is 0 Å². The predicted octanol–water partition coefficient (Wildman–Crippen LogP) is 1.21. The van der Waals surface area contributed by atoms with Crippen molar-refractivity contribution in [3.05, 3.63) is 48.6 Å². The number of hydrogen-bond acceptors (Lipinski definition) is 10. The van der Waals surface area contributed by atoms with Crippen molar-refractivity contribution >= 4 is 45.8 Å². The van der Waals surface area contributed by atoms with E-state index < -0.39 is 92.5 Å². The Balaban J connectivity index is 1.39. The van der Waals surface area contributed by atoms with Gasteiger partial charge in [0.25, 0.3) is 5.91 Å². The second-order valence-electron chi connectivity index (χ2n) is 15.1. The molecule has 5 rings (SSSR count). The summed E-state index contributed by atoms with van der Waals surface area (Å²) in [5.74, 6) is -3.83. The lowest BCUT2D eigenvalue weighted by atomic mass is 9.99. The fourth-order valence-electron chi connectivity index (χ4n) is 6.70. The van der Waals surface area contributed by atoms with Gasteiger partial charge in [-0.3, -0.25) is 28.8 Å². The van der Waals surface area contributed by atoms with Crippen LogP contribution in [0.5, 0.6) is 0 Å². The highest BCUT2D eigenvalue weighted by atomic mass is 32.2. The Kier molecular flexibility index (Phi) is 11.1. The number of ether oxygens (including phenoxy) is 2. The number of rotatable bonds is 12. The smallest absolute Gasteiger partial charge is 0.410 e. The van der Waals surface area contributed by atoms with Gasteiger partial charge in [0, 0.05) is 38.9 Å². The molecule has 0 aromatic carbocycles. The first kappa shape index (κ1) is 39.5. The summed E-state index contributed by atoms with van der Waals surface area (Å²) in [6.07, 6.45) is 2.61. The minimum absolute atomic E-state index is 0.00877. The average Bonchev–Trinajstić information content (AvgIpc) is 3.97. The fraction of sp³-hybridized carbons (Fsp3) is 0.600. The highest BCUT2D eigenvalue weighted by molar-refractivity contribution is 7.91. The van der Waals surface area contributed by atoms with Gasteiger partial charge in [-0.2, -0.15) is 0 Å². The van der Waals surface area contributed by atoms with Crippen LogP contribution < -0.4 is 15.4 Å². The van der Waals surface area contributed by atoms with E-state index in [2.05, 4.69) is 28.5 Å². The van der Waals surface area contributed by atoms with Crippen LogP contribution in [-0.2, 0) is 38.7 Å². The number of amides is 6. The van der Waals surface area contributed by atoms with E-state index >= 15 is 0 Å². The maximum Gasteiger partial charge on any atom is 0.410 e. The van der Waals surface area contributed by atoms with Gasteiger partial charge in [-0.25, -0.2) is 22.4 Å². The van der Waals surface area contributed by atoms with Crippen LogP contribution in [0, 0.1) is 5.92 Å². The lowest BCUT2D eigenvalue weighted by molar-refractivity contribution is -0.142. The van der Waals surface area contributed by atoms with Crippen LogP contribution in [0.1, 0.15) is 52.9 Å². The molecule has 1 saturated heterocycles. The lowest BCUT2D eigenvalue weighted by Crippen LogP contribution is -2.60. The Morgan fingerprint density at radius 2 is 1.85 bits per heavy atom. The molecule has 6 atom stereocenters. The van der Waals surface area contributed by atoms with Crippen LogP contribution in [0.4, 0.5) is 14.0 Å². The van der Waals surface area contributed by atoms with Gasteiger partial charge in [0.15, 0.2) is 0 Å². The second kappa shape index (κ2) is 14.9. The summed E-state index contributed by atoms with van der Waals surface area (Å²) in [4.78, 5) is 84.1. The van der Waals surface area contributed by atoms with Crippen molar-refractivity contribution in [2.75, 3.05) is 33.2 Å². The molecule has 18 heteroatoms. The summed E-state index contributed by atoms with van der Waals surface area (Å²) in [6.45, 7) is 11.4. The number of sulfonamides is 1. The number of carbonyl (C=O) groups is 6. The molecule has 0 radical (unpaired) electrons. The molecular weight excluding hydrogens is 715 g/mol. The van der Waals surface area contributed by atoms with E-state index in [4.69, 9.17) is 9.47 Å². The van der Waals surface area contributed by atoms with Gasteiger partial charge in [-0.1, -0.05) is 24.8 Å². The van der Waals surface area contributed by atoms with E-state index in [0.29, 0.717) is 24.0 Å². The maximum absolute atomic E-state index is 14.6. The summed E-state index contributed by atoms with van der Waals surface area (Å²) in [5.41, 5.74) is -1.48. The first-order valence-corrected chi connectivity index (χ1v) is 19.0. The average molecular weight is 763 g/mol. The zero-order valence-corrected chi connectivity index (χ0v) is 31.1. The number of hydrogen-bond donors (Lipinski definition) is 3. The summed E-state index contributed by atoms with van der Waals surface area (Å²) < 4.78 is 53.0. The van der Waals surface area contributed by atoms with Gasteiger partial charge in [0.1, 0.15) is 35.5 Å². The van der Waals surface area contributed by atoms with Crippen LogP contribution in [0.2, 0.25) is 0 Å². The quantitative estimate of drug-likeness (QED) is 0.192. The first-order chi connectivity index (χ1) is 24.8. The number of halogens is 1. The number of nitrogens with zero attached hydrogens (tertiary/aromatic N) is 3. The zero-order valence-electron chi connectivity index (χ0n) is 30.3. The maximum atomic E-state index is 14.6. The summed E-state index contributed by atoms with van der Waals surface area (Å²) in [5, 5.41) is 4.41. The Morgan fingerprint density at radius 3 is 2.43 bits per heavy atom. The van der Waals surface area contributed by atoms with Crippen molar-refractivity contribution in [3.63, 3.8) is 0 Å². The number of allylic oxidation sites excluding steroid dienone is 1. The van der Waals surface area contributed by atoms with Crippen LogP contribution in [0.3, 0.4) is 0 Å². The van der Waals surface area contributed by atoms with Gasteiger partial charge >= 0.3 is 12.2 Å². The number of nitrogens with one attached hydrogen (secondary N) is 3. The molecule has 3 N–H and O–H groups in total. The van der Waals surface area contributed by atoms with E-state index in [9.17, 15) is 41.6 Å². The molecule has 5 aliphatic rings. The Morgan fingerprint density at radius 1 is 1.15 bits per heavy atom. The van der Waals surface area contributed by atoms with Crippen molar-refractivity contribution in [3.8, 4) is 0 Å². The molecule has 0 aromatic heterocycles. The number of alkyl carbamates (subject to hydrolysis) is 1. The van der Waals surface area contributed by atoms with Crippen LogP contribution in [0.15, 0.2) is 48.6 Å². The summed E-state index contributed by atoms with van der Waals surface area (Å²) in [6, 6.07) is -2.85. The molecule has 2 aliphatic heterocycles. The third-order valence-electron chi connectivity index (χ3n) is 9.79. The second-order valence-corrected chi connectivity index (χ2v) is 17.0. The minimum Gasteiger partial charge on any atom is -0.444 e. The molecule has 53 heavy (non-hydrogen) atoms. The van der Waals surface area contributed by atoms with E-state index in [1.165, 1.54) is 18.0 Å². The largest absolute Gasteiger partial charge is 0.444 e. The first-order valence-electron chi connectivity index (χ1n) is 17.4. The molecule has 6 unspecified atom stereocenters. The molecule has 3 fully saturated rings. The predicted molar refractivity (Wildman–Crippen MR) is 188 cm³/mol. The molecule has 0 bridgehead atoms. The SMILES string of the molecule is C=CC(=O)N(C)CC(NC(=O)OC(C)(C)C)C(=O)N1CC(OC(=O)N2CC3=C(C2)C(F)CC=C3)CC1C(=O)NC1(C(=O)NS(=O)(=O)C2CC2)CC1C=C. The van der Waals surface area contributed by atoms with Crippen molar-refractivity contribution in [1.29, 1.82) is 0 Å². The van der Waals surface area contributed by atoms with Crippen molar-refractivity contribution < 1.29 is 51.0 Å². The summed E-state index contributed by atoms with van der Waals surface area (Å²) in [7, 11) is -2.60. The summed E-state index contributed by atoms with van der Waals surface area (Å²) >= 11 is 0. The Hall–Kier alpha value is -4.74.